The van der Waals surface area contributed by atoms with Crippen LogP contribution in [0.25, 0.3) is 0 Å². The molecule has 1 heterocycles. The number of aliphatic imine (C=N–C) groups is 1. The first kappa shape index (κ1) is 19.2. The average Bonchev–Trinajstić information content (AvgIpc) is 2.54. The molecule has 0 spiro atoms. The van der Waals surface area contributed by atoms with E-state index < -0.39 is 5.60 Å². The molecule has 1 aliphatic heterocycles. The van der Waals surface area contributed by atoms with Crippen LogP contribution in [0.4, 0.5) is 10.1 Å². The fourth-order valence-corrected chi connectivity index (χ4v) is 3.16. The molecule has 1 saturated carbocycles. The van der Waals surface area contributed by atoms with E-state index in [0.717, 1.165) is 51.1 Å². The molecule has 24 heavy (non-hydrogen) atoms. The minimum Gasteiger partial charge on any atom is -0.390 e. The van der Waals surface area contributed by atoms with E-state index in [1.807, 2.05) is 12.1 Å². The van der Waals surface area contributed by atoms with Crippen molar-refractivity contribution < 1.29 is 9.50 Å². The minimum atomic E-state index is -0.495. The second-order valence-electron chi connectivity index (χ2n) is 6.52. The van der Waals surface area contributed by atoms with Crippen molar-refractivity contribution in [2.24, 2.45) is 10.7 Å². The highest BCUT2D eigenvalue weighted by atomic mass is 127. The van der Waals surface area contributed by atoms with Crippen molar-refractivity contribution in [1.82, 2.24) is 4.90 Å². The fraction of sp³-hybridized carbons (Fsp3) is 0.588. The number of nitrogens with zero attached hydrogens (tertiary/aromatic N) is 3. The molecule has 3 rings (SSSR count). The largest absolute Gasteiger partial charge is 0.390 e. The van der Waals surface area contributed by atoms with Crippen LogP contribution in [-0.2, 0) is 0 Å². The van der Waals surface area contributed by atoms with Crippen molar-refractivity contribution in [3.8, 4) is 0 Å². The monoisotopic (exact) mass is 448 g/mol. The van der Waals surface area contributed by atoms with Crippen molar-refractivity contribution in [1.29, 1.82) is 0 Å². The van der Waals surface area contributed by atoms with E-state index in [1.165, 1.54) is 12.1 Å². The van der Waals surface area contributed by atoms with E-state index in [0.29, 0.717) is 18.9 Å². The second-order valence-corrected chi connectivity index (χ2v) is 6.52. The first-order valence-electron chi connectivity index (χ1n) is 8.34. The maximum atomic E-state index is 13.0. The first-order chi connectivity index (χ1) is 11.1. The van der Waals surface area contributed by atoms with E-state index >= 15 is 0 Å². The van der Waals surface area contributed by atoms with Crippen LogP contribution in [0.3, 0.4) is 0 Å². The van der Waals surface area contributed by atoms with Crippen molar-refractivity contribution in [2.75, 3.05) is 37.6 Å². The summed E-state index contributed by atoms with van der Waals surface area (Å²) >= 11 is 0. The molecule has 3 N–H and O–H groups in total. The lowest BCUT2D eigenvalue weighted by atomic mass is 9.78. The summed E-state index contributed by atoms with van der Waals surface area (Å²) in [5, 5.41) is 10.1. The van der Waals surface area contributed by atoms with Crippen LogP contribution in [-0.4, -0.2) is 54.3 Å². The lowest BCUT2D eigenvalue weighted by Crippen LogP contribution is -2.51. The lowest BCUT2D eigenvalue weighted by Gasteiger charge is -2.37. The number of halogens is 2. The van der Waals surface area contributed by atoms with Gasteiger partial charge in [-0.15, -0.1) is 24.0 Å². The van der Waals surface area contributed by atoms with E-state index in [1.54, 1.807) is 0 Å². The summed E-state index contributed by atoms with van der Waals surface area (Å²) in [6.45, 7) is 3.87. The van der Waals surface area contributed by atoms with Crippen molar-refractivity contribution in [3.63, 3.8) is 0 Å². The molecule has 2 fully saturated rings. The van der Waals surface area contributed by atoms with Gasteiger partial charge in [0.15, 0.2) is 5.96 Å². The Balaban J connectivity index is 0.00000208. The van der Waals surface area contributed by atoms with Crippen LogP contribution >= 0.6 is 24.0 Å². The molecule has 1 aliphatic carbocycles. The lowest BCUT2D eigenvalue weighted by molar-refractivity contribution is -0.0378. The number of nitrogens with two attached hydrogens (primary N) is 1. The minimum absolute atomic E-state index is 0. The number of benzene rings is 1. The molecule has 1 aromatic rings. The number of anilines is 1. The zero-order valence-electron chi connectivity index (χ0n) is 13.8. The highest BCUT2D eigenvalue weighted by Gasteiger charge is 2.33. The Labute approximate surface area is 159 Å². The van der Waals surface area contributed by atoms with Crippen LogP contribution in [0.15, 0.2) is 29.3 Å². The van der Waals surface area contributed by atoms with E-state index in [9.17, 15) is 9.50 Å². The molecule has 1 aromatic carbocycles. The molecule has 2 aliphatic rings. The van der Waals surface area contributed by atoms with Gasteiger partial charge in [0.05, 0.1) is 5.60 Å². The Bertz CT molecular complexity index is 554. The van der Waals surface area contributed by atoms with Gasteiger partial charge >= 0.3 is 0 Å². The van der Waals surface area contributed by atoms with E-state index in [4.69, 9.17) is 5.73 Å². The SMILES string of the molecule is I.NC(=NCCC1(O)CCC1)N1CCN(c2ccc(F)cc2)CC1. The number of rotatable bonds is 4. The molecular weight excluding hydrogens is 422 g/mol. The average molecular weight is 448 g/mol. The molecule has 0 unspecified atom stereocenters. The van der Waals surface area contributed by atoms with Gasteiger partial charge in [0.25, 0.3) is 0 Å². The van der Waals surface area contributed by atoms with Crippen LogP contribution in [0.5, 0.6) is 0 Å². The van der Waals surface area contributed by atoms with Crippen molar-refractivity contribution in [2.45, 2.75) is 31.3 Å². The van der Waals surface area contributed by atoms with Gasteiger partial charge in [-0.1, -0.05) is 0 Å². The quantitative estimate of drug-likeness (QED) is 0.421. The molecule has 0 radical (unpaired) electrons. The van der Waals surface area contributed by atoms with Gasteiger partial charge in [-0.3, -0.25) is 4.99 Å². The normalized spacial score (nSPS) is 20.3. The Morgan fingerprint density at radius 3 is 2.33 bits per heavy atom. The Kier molecular flexibility index (Phi) is 6.68. The molecule has 0 bridgehead atoms. The Morgan fingerprint density at radius 2 is 1.79 bits per heavy atom. The zero-order chi connectivity index (χ0) is 16.3. The third-order valence-corrected chi connectivity index (χ3v) is 4.93. The maximum absolute atomic E-state index is 13.0. The number of guanidine groups is 1. The summed E-state index contributed by atoms with van der Waals surface area (Å²) in [4.78, 5) is 8.71. The van der Waals surface area contributed by atoms with Gasteiger partial charge in [-0.05, 0) is 49.9 Å². The van der Waals surface area contributed by atoms with Gasteiger partial charge in [0.1, 0.15) is 5.82 Å². The molecule has 0 amide bonds. The molecule has 5 nitrogen and oxygen atoms in total. The molecule has 1 saturated heterocycles. The van der Waals surface area contributed by atoms with Crippen molar-refractivity contribution in [3.05, 3.63) is 30.1 Å². The van der Waals surface area contributed by atoms with Crippen LogP contribution in [0, 0.1) is 5.82 Å². The van der Waals surface area contributed by atoms with Gasteiger partial charge in [0.2, 0.25) is 0 Å². The number of piperazine rings is 1. The zero-order valence-corrected chi connectivity index (χ0v) is 16.2. The highest BCUT2D eigenvalue weighted by molar-refractivity contribution is 14.0. The summed E-state index contributed by atoms with van der Waals surface area (Å²) in [6, 6.07) is 6.59. The first-order valence-corrected chi connectivity index (χ1v) is 8.34. The van der Waals surface area contributed by atoms with Gasteiger partial charge in [0, 0.05) is 38.4 Å². The Morgan fingerprint density at radius 1 is 1.17 bits per heavy atom. The molecule has 7 heteroatoms. The molecule has 0 atom stereocenters. The second kappa shape index (κ2) is 8.33. The topological polar surface area (TPSA) is 65.1 Å². The summed E-state index contributed by atoms with van der Waals surface area (Å²) in [6.07, 6.45) is 3.59. The van der Waals surface area contributed by atoms with Crippen molar-refractivity contribution >= 4 is 35.6 Å². The highest BCUT2D eigenvalue weighted by Crippen LogP contribution is 2.34. The standard InChI is InChI=1S/C17H25FN4O.HI/c18-14-2-4-15(5-3-14)21-10-12-22(13-11-21)16(19)20-9-8-17(23)6-1-7-17;/h2-5,23H,1,6-13H2,(H2,19,20);1H. The predicted molar refractivity (Wildman–Crippen MR) is 106 cm³/mol. The maximum Gasteiger partial charge on any atom is 0.191 e. The summed E-state index contributed by atoms with van der Waals surface area (Å²) < 4.78 is 13.0. The van der Waals surface area contributed by atoms with Gasteiger partial charge in [-0.2, -0.15) is 0 Å². The van der Waals surface area contributed by atoms with Crippen LogP contribution in [0.2, 0.25) is 0 Å². The van der Waals surface area contributed by atoms with E-state index in [-0.39, 0.29) is 29.8 Å². The summed E-state index contributed by atoms with van der Waals surface area (Å²) in [5.41, 5.74) is 6.61. The Hall–Kier alpha value is -1.09. The third kappa shape index (κ3) is 4.72. The number of aliphatic hydroxyl groups is 1. The number of hydrogen-bond acceptors (Lipinski definition) is 3. The third-order valence-electron chi connectivity index (χ3n) is 4.93. The predicted octanol–water partition coefficient (Wildman–Crippen LogP) is 2.19. The fourth-order valence-electron chi connectivity index (χ4n) is 3.16. The molecular formula is C17H26FIN4O. The van der Waals surface area contributed by atoms with Crippen LogP contribution in [0.1, 0.15) is 25.7 Å². The molecule has 0 aromatic heterocycles. The van der Waals surface area contributed by atoms with Crippen LogP contribution < -0.4 is 10.6 Å². The molecule has 134 valence electrons. The summed E-state index contributed by atoms with van der Waals surface area (Å²) in [5.74, 6) is 0.351. The van der Waals surface area contributed by atoms with E-state index in [2.05, 4.69) is 14.8 Å². The number of hydrogen-bond donors (Lipinski definition) is 2. The summed E-state index contributed by atoms with van der Waals surface area (Å²) in [7, 11) is 0. The van der Waals surface area contributed by atoms with Gasteiger partial charge < -0.3 is 20.6 Å². The smallest absolute Gasteiger partial charge is 0.191 e. The van der Waals surface area contributed by atoms with Gasteiger partial charge in [-0.25, -0.2) is 4.39 Å².